The van der Waals surface area contributed by atoms with E-state index in [1.165, 1.54) is 12.8 Å². The average Bonchev–Trinajstić information content (AvgIpc) is 2.22. The molecule has 3 unspecified atom stereocenters. The number of hydrogen-bond donors (Lipinski definition) is 2. The second-order valence-electron chi connectivity index (χ2n) is 5.17. The van der Waals surface area contributed by atoms with Crippen LogP contribution >= 0.6 is 0 Å². The third kappa shape index (κ3) is 3.16. The van der Waals surface area contributed by atoms with Crippen molar-refractivity contribution < 1.29 is 10.2 Å². The lowest BCUT2D eigenvalue weighted by molar-refractivity contribution is 0.0172. The van der Waals surface area contributed by atoms with Gasteiger partial charge in [0.15, 0.2) is 0 Å². The van der Waals surface area contributed by atoms with Gasteiger partial charge in [-0.05, 0) is 38.1 Å². The van der Waals surface area contributed by atoms with Crippen LogP contribution in [-0.4, -0.2) is 47.0 Å². The van der Waals surface area contributed by atoms with Crippen LogP contribution in [0.1, 0.15) is 38.5 Å². The number of rotatable bonds is 2. The van der Waals surface area contributed by atoms with Crippen LogP contribution in [0.4, 0.5) is 0 Å². The fourth-order valence-corrected chi connectivity index (χ4v) is 2.93. The van der Waals surface area contributed by atoms with Gasteiger partial charge >= 0.3 is 0 Å². The average molecular weight is 213 g/mol. The number of likely N-dealkylation sites (tertiary alicyclic amines) is 1. The smallest absolute Gasteiger partial charge is 0.0667 e. The van der Waals surface area contributed by atoms with Gasteiger partial charge in [0.05, 0.1) is 12.2 Å². The molecule has 88 valence electrons. The summed E-state index contributed by atoms with van der Waals surface area (Å²) in [6, 6.07) is 0. The Labute approximate surface area is 92.1 Å². The van der Waals surface area contributed by atoms with Crippen LogP contribution in [0, 0.1) is 5.92 Å². The van der Waals surface area contributed by atoms with Crippen LogP contribution in [0.5, 0.6) is 0 Å². The molecule has 2 aliphatic rings. The number of hydrogen-bond acceptors (Lipinski definition) is 3. The summed E-state index contributed by atoms with van der Waals surface area (Å²) in [7, 11) is 0. The van der Waals surface area contributed by atoms with E-state index in [0.717, 1.165) is 45.3 Å². The van der Waals surface area contributed by atoms with Crippen molar-refractivity contribution in [2.24, 2.45) is 5.92 Å². The van der Waals surface area contributed by atoms with Gasteiger partial charge in [-0.3, -0.25) is 0 Å². The van der Waals surface area contributed by atoms with Gasteiger partial charge in [0.1, 0.15) is 0 Å². The Bertz CT molecular complexity index is 198. The molecular weight excluding hydrogens is 190 g/mol. The number of piperidine rings is 1. The molecule has 2 fully saturated rings. The summed E-state index contributed by atoms with van der Waals surface area (Å²) in [6.45, 7) is 2.89. The molecule has 3 nitrogen and oxygen atoms in total. The summed E-state index contributed by atoms with van der Waals surface area (Å²) >= 11 is 0. The van der Waals surface area contributed by atoms with E-state index >= 15 is 0 Å². The van der Waals surface area contributed by atoms with Crippen molar-refractivity contribution in [2.45, 2.75) is 50.7 Å². The van der Waals surface area contributed by atoms with Gasteiger partial charge < -0.3 is 15.1 Å². The van der Waals surface area contributed by atoms with Gasteiger partial charge in [-0.2, -0.15) is 0 Å². The van der Waals surface area contributed by atoms with Gasteiger partial charge in [-0.25, -0.2) is 0 Å². The Morgan fingerprint density at radius 1 is 1.00 bits per heavy atom. The lowest BCUT2D eigenvalue weighted by Crippen LogP contribution is -2.43. The Kier molecular flexibility index (Phi) is 4.00. The molecule has 0 spiro atoms. The quantitative estimate of drug-likeness (QED) is 0.719. The second-order valence-corrected chi connectivity index (χ2v) is 5.17. The summed E-state index contributed by atoms with van der Waals surface area (Å²) in [5.41, 5.74) is 0. The molecule has 0 amide bonds. The first-order valence-corrected chi connectivity index (χ1v) is 6.34. The molecule has 1 aliphatic carbocycles. The number of nitrogens with zero attached hydrogens (tertiary/aromatic N) is 1. The van der Waals surface area contributed by atoms with Gasteiger partial charge in [-0.1, -0.05) is 12.8 Å². The normalized spacial score (nSPS) is 39.2. The van der Waals surface area contributed by atoms with Crippen LogP contribution in [0.2, 0.25) is 0 Å². The summed E-state index contributed by atoms with van der Waals surface area (Å²) in [5.74, 6) is 0.448. The molecular formula is C12H23NO2. The highest BCUT2D eigenvalue weighted by Crippen LogP contribution is 2.26. The molecule has 1 saturated carbocycles. The standard InChI is InChI=1S/C12H23NO2/c14-11-5-3-7-13(9-11)8-10-4-1-2-6-12(10)15/h10-12,14-15H,1-9H2. The maximum Gasteiger partial charge on any atom is 0.0667 e. The van der Waals surface area contributed by atoms with Gasteiger partial charge in [0.25, 0.3) is 0 Å². The lowest BCUT2D eigenvalue weighted by Gasteiger charge is -2.36. The molecule has 0 bridgehead atoms. The molecule has 1 heterocycles. The number of aliphatic hydroxyl groups excluding tert-OH is 2. The lowest BCUT2D eigenvalue weighted by atomic mass is 9.86. The van der Waals surface area contributed by atoms with E-state index in [-0.39, 0.29) is 12.2 Å². The third-order valence-corrected chi connectivity index (χ3v) is 3.84. The van der Waals surface area contributed by atoms with E-state index in [9.17, 15) is 10.2 Å². The second kappa shape index (κ2) is 5.28. The highest BCUT2D eigenvalue weighted by atomic mass is 16.3. The molecule has 1 aliphatic heterocycles. The fourth-order valence-electron chi connectivity index (χ4n) is 2.93. The Morgan fingerprint density at radius 3 is 2.53 bits per heavy atom. The maximum atomic E-state index is 9.88. The minimum Gasteiger partial charge on any atom is -0.393 e. The minimum atomic E-state index is -0.139. The van der Waals surface area contributed by atoms with Crippen LogP contribution in [0.15, 0.2) is 0 Å². The first kappa shape index (κ1) is 11.4. The van der Waals surface area contributed by atoms with E-state index in [4.69, 9.17) is 0 Å². The topological polar surface area (TPSA) is 43.7 Å². The van der Waals surface area contributed by atoms with E-state index in [1.54, 1.807) is 0 Å². The highest BCUT2D eigenvalue weighted by molar-refractivity contribution is 4.80. The van der Waals surface area contributed by atoms with Crippen LogP contribution in [0.3, 0.4) is 0 Å². The predicted molar refractivity (Wildman–Crippen MR) is 59.6 cm³/mol. The van der Waals surface area contributed by atoms with Gasteiger partial charge in [-0.15, -0.1) is 0 Å². The van der Waals surface area contributed by atoms with E-state index in [0.29, 0.717) is 5.92 Å². The molecule has 2 N–H and O–H groups in total. The summed E-state index contributed by atoms with van der Waals surface area (Å²) in [6.07, 6.45) is 6.39. The molecule has 0 radical (unpaired) electrons. The summed E-state index contributed by atoms with van der Waals surface area (Å²) in [5, 5.41) is 19.4. The largest absolute Gasteiger partial charge is 0.393 e. The summed E-state index contributed by atoms with van der Waals surface area (Å²) in [4.78, 5) is 2.33. The summed E-state index contributed by atoms with van der Waals surface area (Å²) < 4.78 is 0. The first-order chi connectivity index (χ1) is 7.25. The van der Waals surface area contributed by atoms with Crippen LogP contribution in [0.25, 0.3) is 0 Å². The van der Waals surface area contributed by atoms with Gasteiger partial charge in [0.2, 0.25) is 0 Å². The molecule has 0 aromatic heterocycles. The molecule has 3 heteroatoms. The highest BCUT2D eigenvalue weighted by Gasteiger charge is 2.27. The third-order valence-electron chi connectivity index (χ3n) is 3.84. The van der Waals surface area contributed by atoms with Crippen molar-refractivity contribution in [3.05, 3.63) is 0 Å². The molecule has 3 atom stereocenters. The monoisotopic (exact) mass is 213 g/mol. The SMILES string of the molecule is OC1CCCN(CC2CCCCC2O)C1. The van der Waals surface area contributed by atoms with E-state index < -0.39 is 0 Å². The fraction of sp³-hybridized carbons (Fsp3) is 1.00. The first-order valence-electron chi connectivity index (χ1n) is 6.34. The van der Waals surface area contributed by atoms with Gasteiger partial charge in [0, 0.05) is 13.1 Å². The van der Waals surface area contributed by atoms with Crippen molar-refractivity contribution in [1.29, 1.82) is 0 Å². The van der Waals surface area contributed by atoms with Crippen LogP contribution < -0.4 is 0 Å². The van der Waals surface area contributed by atoms with Crippen molar-refractivity contribution >= 4 is 0 Å². The zero-order valence-corrected chi connectivity index (χ0v) is 9.44. The molecule has 0 aromatic carbocycles. The predicted octanol–water partition coefficient (Wildman–Crippen LogP) is 0.994. The zero-order valence-electron chi connectivity index (χ0n) is 9.44. The van der Waals surface area contributed by atoms with Crippen molar-refractivity contribution in [2.75, 3.05) is 19.6 Å². The van der Waals surface area contributed by atoms with E-state index in [1.807, 2.05) is 0 Å². The van der Waals surface area contributed by atoms with Crippen LogP contribution in [-0.2, 0) is 0 Å². The zero-order chi connectivity index (χ0) is 10.7. The minimum absolute atomic E-state index is 0.0992. The Hall–Kier alpha value is -0.120. The number of β-amino-alcohol motifs (C(OH)–C–C–N with tert-alkyl or cyclic N) is 1. The van der Waals surface area contributed by atoms with E-state index in [2.05, 4.69) is 4.90 Å². The molecule has 0 aromatic rings. The molecule has 15 heavy (non-hydrogen) atoms. The number of aliphatic hydroxyl groups is 2. The maximum absolute atomic E-state index is 9.88. The Balaban J connectivity index is 1.79. The van der Waals surface area contributed by atoms with Crippen molar-refractivity contribution in [1.82, 2.24) is 4.90 Å². The molecule has 2 rings (SSSR count). The van der Waals surface area contributed by atoms with Crippen molar-refractivity contribution in [3.63, 3.8) is 0 Å². The Morgan fingerprint density at radius 2 is 1.80 bits per heavy atom. The molecule has 1 saturated heterocycles. The van der Waals surface area contributed by atoms with Crippen molar-refractivity contribution in [3.8, 4) is 0 Å².